The summed E-state index contributed by atoms with van der Waals surface area (Å²) >= 11 is 0. The Kier molecular flexibility index (Phi) is 6.48. The molecule has 0 bridgehead atoms. The van der Waals surface area contributed by atoms with Gasteiger partial charge in [0.25, 0.3) is 0 Å². The topological polar surface area (TPSA) is 72.2 Å². The van der Waals surface area contributed by atoms with E-state index in [1.165, 1.54) is 6.92 Å². The Morgan fingerprint density at radius 1 is 1.26 bits per heavy atom. The average molecular weight is 373 g/mol. The van der Waals surface area contributed by atoms with E-state index >= 15 is 0 Å². The zero-order valence-corrected chi connectivity index (χ0v) is 14.2. The highest BCUT2D eigenvalue weighted by molar-refractivity contribution is 7.89. The number of alkyl halides is 3. The summed E-state index contributed by atoms with van der Waals surface area (Å²) < 4.78 is 65.2. The minimum atomic E-state index is -4.49. The molecule has 0 aromatic heterocycles. The lowest BCUT2D eigenvalue weighted by molar-refractivity contribution is -0.137. The molecule has 2 rings (SSSR count). The van der Waals surface area contributed by atoms with Gasteiger partial charge in [0.15, 0.2) is 0 Å². The molecule has 0 amide bonds. The third-order valence-corrected chi connectivity index (χ3v) is 5.51. The maximum absolute atomic E-state index is 12.6. The van der Waals surface area contributed by atoms with E-state index in [1.807, 2.05) is 0 Å². The van der Waals surface area contributed by atoms with Crippen molar-refractivity contribution in [2.24, 2.45) is 5.73 Å². The second kappa shape index (κ2) is 7.38. The molecule has 1 aromatic carbocycles. The summed E-state index contributed by atoms with van der Waals surface area (Å²) in [7, 11) is -3.85. The van der Waals surface area contributed by atoms with Crippen molar-refractivity contribution in [3.05, 3.63) is 29.3 Å². The number of sulfonamides is 1. The molecular weight excluding hydrogens is 353 g/mol. The van der Waals surface area contributed by atoms with E-state index in [1.54, 1.807) is 0 Å². The van der Waals surface area contributed by atoms with Crippen molar-refractivity contribution in [2.75, 3.05) is 0 Å². The van der Waals surface area contributed by atoms with Crippen molar-refractivity contribution in [3.63, 3.8) is 0 Å². The molecule has 1 aliphatic carbocycles. The van der Waals surface area contributed by atoms with E-state index in [9.17, 15) is 21.6 Å². The highest BCUT2D eigenvalue weighted by Gasteiger charge is 2.32. The van der Waals surface area contributed by atoms with Gasteiger partial charge in [-0.15, -0.1) is 12.4 Å². The normalized spacial score (nSPS) is 22.5. The Morgan fingerprint density at radius 2 is 1.91 bits per heavy atom. The van der Waals surface area contributed by atoms with Crippen LogP contribution in [0, 0.1) is 6.92 Å². The molecule has 9 heteroatoms. The SMILES string of the molecule is Cc1cc(C(F)(F)F)ccc1S(=O)(=O)NC1CCCC(N)C1.Cl. The minimum absolute atomic E-state index is 0. The van der Waals surface area contributed by atoms with Gasteiger partial charge in [0.05, 0.1) is 10.5 Å². The largest absolute Gasteiger partial charge is 0.416 e. The molecule has 2 atom stereocenters. The van der Waals surface area contributed by atoms with Gasteiger partial charge in [-0.1, -0.05) is 6.42 Å². The van der Waals surface area contributed by atoms with E-state index in [4.69, 9.17) is 5.73 Å². The number of benzene rings is 1. The molecular formula is C14H20ClF3N2O2S. The zero-order valence-electron chi connectivity index (χ0n) is 12.6. The third kappa shape index (κ3) is 5.07. The second-order valence-electron chi connectivity index (χ2n) is 5.72. The quantitative estimate of drug-likeness (QED) is 0.856. The molecule has 0 aliphatic heterocycles. The predicted octanol–water partition coefficient (Wildman–Crippen LogP) is 2.98. The van der Waals surface area contributed by atoms with Gasteiger partial charge in [-0.2, -0.15) is 13.2 Å². The lowest BCUT2D eigenvalue weighted by atomic mass is 9.92. The van der Waals surface area contributed by atoms with Crippen LogP contribution in [0.5, 0.6) is 0 Å². The Balaban J connectivity index is 0.00000264. The fourth-order valence-corrected chi connectivity index (χ4v) is 4.25. The van der Waals surface area contributed by atoms with Crippen LogP contribution in [-0.2, 0) is 16.2 Å². The summed E-state index contributed by atoms with van der Waals surface area (Å²) in [5.41, 5.74) is 5.03. The molecule has 0 heterocycles. The molecule has 1 saturated carbocycles. The van der Waals surface area contributed by atoms with Crippen molar-refractivity contribution in [1.82, 2.24) is 4.72 Å². The molecule has 2 unspecified atom stereocenters. The van der Waals surface area contributed by atoms with E-state index in [0.29, 0.717) is 12.8 Å². The molecule has 0 radical (unpaired) electrons. The number of hydrogen-bond donors (Lipinski definition) is 2. The third-order valence-electron chi connectivity index (χ3n) is 3.83. The van der Waals surface area contributed by atoms with Gasteiger partial charge in [-0.05, 0) is 49.9 Å². The molecule has 132 valence electrons. The van der Waals surface area contributed by atoms with Crippen LogP contribution in [0.4, 0.5) is 13.2 Å². The summed E-state index contributed by atoms with van der Waals surface area (Å²) in [5, 5.41) is 0. The second-order valence-corrected chi connectivity index (χ2v) is 7.41. The molecule has 3 N–H and O–H groups in total. The van der Waals surface area contributed by atoms with Crippen LogP contribution in [0.25, 0.3) is 0 Å². The molecule has 1 aliphatic rings. The van der Waals surface area contributed by atoms with E-state index in [2.05, 4.69) is 4.72 Å². The predicted molar refractivity (Wildman–Crippen MR) is 84.0 cm³/mol. The van der Waals surface area contributed by atoms with Crippen LogP contribution in [0.1, 0.15) is 36.8 Å². The van der Waals surface area contributed by atoms with Crippen molar-refractivity contribution < 1.29 is 21.6 Å². The summed E-state index contributed by atoms with van der Waals surface area (Å²) in [6.45, 7) is 1.36. The molecule has 1 fully saturated rings. The fourth-order valence-electron chi connectivity index (χ4n) is 2.74. The summed E-state index contributed by atoms with van der Waals surface area (Å²) in [5.74, 6) is 0. The Labute approximate surface area is 140 Å². The van der Waals surface area contributed by atoms with E-state index in [0.717, 1.165) is 31.0 Å². The molecule has 23 heavy (non-hydrogen) atoms. The summed E-state index contributed by atoms with van der Waals surface area (Å²) in [6.07, 6.45) is -1.57. The van der Waals surface area contributed by atoms with Crippen molar-refractivity contribution >= 4 is 22.4 Å². The van der Waals surface area contributed by atoms with Crippen molar-refractivity contribution in [3.8, 4) is 0 Å². The highest BCUT2D eigenvalue weighted by Crippen LogP contribution is 2.31. The first-order valence-electron chi connectivity index (χ1n) is 7.05. The smallest absolute Gasteiger partial charge is 0.328 e. The first kappa shape index (κ1) is 20.2. The molecule has 0 saturated heterocycles. The Morgan fingerprint density at radius 3 is 2.43 bits per heavy atom. The van der Waals surface area contributed by atoms with Crippen LogP contribution in [0.2, 0.25) is 0 Å². The first-order valence-corrected chi connectivity index (χ1v) is 8.53. The lowest BCUT2D eigenvalue weighted by Gasteiger charge is -2.27. The average Bonchev–Trinajstić information content (AvgIpc) is 2.36. The zero-order chi connectivity index (χ0) is 16.5. The van der Waals surface area contributed by atoms with Crippen LogP contribution in [0.3, 0.4) is 0 Å². The number of halogens is 4. The van der Waals surface area contributed by atoms with Gasteiger partial charge in [0.1, 0.15) is 0 Å². The molecule has 1 aromatic rings. The fraction of sp³-hybridized carbons (Fsp3) is 0.571. The summed E-state index contributed by atoms with van der Waals surface area (Å²) in [4.78, 5) is -0.125. The lowest BCUT2D eigenvalue weighted by Crippen LogP contribution is -2.42. The maximum Gasteiger partial charge on any atom is 0.416 e. The van der Waals surface area contributed by atoms with E-state index < -0.39 is 21.8 Å². The van der Waals surface area contributed by atoms with Crippen LogP contribution in [-0.4, -0.2) is 20.5 Å². The van der Waals surface area contributed by atoms with Crippen LogP contribution in [0.15, 0.2) is 23.1 Å². The highest BCUT2D eigenvalue weighted by atomic mass is 35.5. The number of nitrogens with one attached hydrogen (secondary N) is 1. The first-order chi connectivity index (χ1) is 10.1. The monoisotopic (exact) mass is 372 g/mol. The minimum Gasteiger partial charge on any atom is -0.328 e. The molecule has 0 spiro atoms. The maximum atomic E-state index is 12.6. The number of hydrogen-bond acceptors (Lipinski definition) is 3. The van der Waals surface area contributed by atoms with Gasteiger partial charge in [0.2, 0.25) is 10.0 Å². The molecule has 4 nitrogen and oxygen atoms in total. The van der Waals surface area contributed by atoms with Crippen LogP contribution < -0.4 is 10.5 Å². The Hall–Kier alpha value is -0.830. The summed E-state index contributed by atoms with van der Waals surface area (Å²) in [6, 6.07) is 2.32. The standard InChI is InChI=1S/C14H19F3N2O2S.ClH/c1-9-7-10(14(15,16)17)5-6-13(9)22(20,21)19-12-4-2-3-11(18)8-12;/h5-7,11-12,19H,2-4,8,18H2,1H3;1H. The Bertz CT molecular complexity index is 650. The van der Waals surface area contributed by atoms with Crippen LogP contribution >= 0.6 is 12.4 Å². The number of rotatable bonds is 3. The van der Waals surface area contributed by atoms with Gasteiger partial charge in [-0.25, -0.2) is 13.1 Å². The number of nitrogens with two attached hydrogens (primary N) is 1. The van der Waals surface area contributed by atoms with Crippen molar-refractivity contribution in [2.45, 2.75) is 55.8 Å². The van der Waals surface area contributed by atoms with E-state index in [-0.39, 0.29) is 34.9 Å². The number of aryl methyl sites for hydroxylation is 1. The van der Waals surface area contributed by atoms with Crippen molar-refractivity contribution in [1.29, 1.82) is 0 Å². The van der Waals surface area contributed by atoms with Gasteiger partial charge in [-0.3, -0.25) is 0 Å². The van der Waals surface area contributed by atoms with Gasteiger partial charge >= 0.3 is 6.18 Å². The van der Waals surface area contributed by atoms with Gasteiger partial charge < -0.3 is 5.73 Å². The van der Waals surface area contributed by atoms with Gasteiger partial charge in [0, 0.05) is 12.1 Å².